The molecule has 3 aromatic rings. The molecule has 1 aliphatic heterocycles. The smallest absolute Gasteiger partial charge is 0.213 e. The Labute approximate surface area is 175 Å². The van der Waals surface area contributed by atoms with E-state index in [1.807, 2.05) is 44.4 Å². The van der Waals surface area contributed by atoms with Crippen LogP contribution >= 0.6 is 11.8 Å². The summed E-state index contributed by atoms with van der Waals surface area (Å²) < 4.78 is 20.9. The van der Waals surface area contributed by atoms with Gasteiger partial charge >= 0.3 is 0 Å². The summed E-state index contributed by atoms with van der Waals surface area (Å²) in [6.07, 6.45) is 3.74. The zero-order valence-corrected chi connectivity index (χ0v) is 18.3. The van der Waals surface area contributed by atoms with E-state index in [9.17, 15) is 4.39 Å². The van der Waals surface area contributed by atoms with Crippen LogP contribution in [-0.4, -0.2) is 46.1 Å². The minimum absolute atomic E-state index is 0.195. The van der Waals surface area contributed by atoms with Crippen LogP contribution < -0.4 is 4.74 Å². The summed E-state index contributed by atoms with van der Waals surface area (Å²) in [5.74, 6) is 0.384. The molecule has 1 saturated heterocycles. The van der Waals surface area contributed by atoms with Crippen LogP contribution in [0.5, 0.6) is 5.88 Å². The topological polar surface area (TPSA) is 42.6 Å². The number of nitrogens with zero attached hydrogens (tertiary/aromatic N) is 4. The lowest BCUT2D eigenvalue weighted by Crippen LogP contribution is -2.49. The Hall–Kier alpha value is -2.54. The van der Waals surface area contributed by atoms with E-state index in [1.54, 1.807) is 31.1 Å². The lowest BCUT2D eigenvalue weighted by atomic mass is 10.1. The zero-order valence-electron chi connectivity index (χ0n) is 17.5. The molecule has 0 atom stereocenters. The number of thioether (sulfide) groups is 1. The van der Waals surface area contributed by atoms with Gasteiger partial charge in [0.1, 0.15) is 5.82 Å². The lowest BCUT2D eigenvalue weighted by molar-refractivity contribution is 0.199. The number of aryl methyl sites for hydroxylation is 1. The minimum atomic E-state index is -0.195. The monoisotopic (exact) mass is 414 g/mol. The summed E-state index contributed by atoms with van der Waals surface area (Å²) in [5.41, 5.74) is 3.05. The van der Waals surface area contributed by atoms with E-state index in [-0.39, 0.29) is 5.82 Å². The van der Waals surface area contributed by atoms with Gasteiger partial charge < -0.3 is 14.2 Å². The maximum atomic E-state index is 13.5. The van der Waals surface area contributed by atoms with Crippen LogP contribution in [0.15, 0.2) is 47.6 Å². The number of amidine groups is 1. The second kappa shape index (κ2) is 9.31. The van der Waals surface area contributed by atoms with E-state index in [4.69, 9.17) is 9.73 Å². The number of pyridine rings is 1. The predicted molar refractivity (Wildman–Crippen MR) is 120 cm³/mol. The third-order valence-corrected chi connectivity index (χ3v) is 5.54. The lowest BCUT2D eigenvalue weighted by Gasteiger charge is -2.42. The first-order valence-electron chi connectivity index (χ1n) is 9.74. The Morgan fingerprint density at radius 3 is 2.59 bits per heavy atom. The van der Waals surface area contributed by atoms with Gasteiger partial charge in [-0.3, -0.25) is 0 Å². The minimum Gasteiger partial charge on any atom is -0.481 e. The van der Waals surface area contributed by atoms with Gasteiger partial charge in [-0.05, 0) is 43.5 Å². The van der Waals surface area contributed by atoms with E-state index in [0.29, 0.717) is 11.9 Å². The molecule has 5 nitrogen and oxygen atoms in total. The molecule has 0 amide bonds. The van der Waals surface area contributed by atoms with Crippen molar-refractivity contribution in [2.75, 3.05) is 26.5 Å². The van der Waals surface area contributed by atoms with Gasteiger partial charge in [-0.25, -0.2) is 14.4 Å². The number of aromatic nitrogens is 2. The molecule has 1 fully saturated rings. The highest BCUT2D eigenvalue weighted by Crippen LogP contribution is 2.32. The largest absolute Gasteiger partial charge is 0.481 e. The van der Waals surface area contributed by atoms with Crippen molar-refractivity contribution in [2.45, 2.75) is 26.8 Å². The molecule has 0 unspecified atom stereocenters. The molecule has 4 rings (SSSR count). The Morgan fingerprint density at radius 2 is 1.97 bits per heavy atom. The van der Waals surface area contributed by atoms with Crippen molar-refractivity contribution in [1.29, 1.82) is 0 Å². The Bertz CT molecular complexity index is 994. The Morgan fingerprint density at radius 1 is 1.21 bits per heavy atom. The number of likely N-dealkylation sites (tertiary alicyclic amines) is 1. The zero-order chi connectivity index (χ0) is 21.0. The van der Waals surface area contributed by atoms with Crippen LogP contribution in [0.2, 0.25) is 0 Å². The van der Waals surface area contributed by atoms with Gasteiger partial charge in [0.2, 0.25) is 5.88 Å². The van der Waals surface area contributed by atoms with Crippen LogP contribution in [0.1, 0.15) is 25.6 Å². The van der Waals surface area contributed by atoms with Crippen LogP contribution in [0.4, 0.5) is 10.1 Å². The average molecular weight is 415 g/mol. The molecule has 0 N–H and O–H groups in total. The third kappa shape index (κ3) is 4.40. The van der Waals surface area contributed by atoms with Crippen LogP contribution in [-0.2, 0) is 0 Å². The maximum Gasteiger partial charge on any atom is 0.213 e. The quantitative estimate of drug-likeness (QED) is 0.424. The summed E-state index contributed by atoms with van der Waals surface area (Å²) in [7, 11) is 1.60. The highest BCUT2D eigenvalue weighted by atomic mass is 32.2. The number of rotatable bonds is 3. The first-order chi connectivity index (χ1) is 14.1. The average Bonchev–Trinajstić information content (AvgIpc) is 3.03. The molecule has 1 aliphatic rings. The van der Waals surface area contributed by atoms with Gasteiger partial charge in [0.25, 0.3) is 0 Å². The van der Waals surface area contributed by atoms with E-state index < -0.39 is 0 Å². The van der Waals surface area contributed by atoms with E-state index >= 15 is 0 Å². The van der Waals surface area contributed by atoms with Gasteiger partial charge in [0.15, 0.2) is 5.17 Å². The first-order valence-corrected chi connectivity index (χ1v) is 11.0. The second-order valence-corrected chi connectivity index (χ2v) is 7.35. The third-order valence-electron chi connectivity index (χ3n) is 4.83. The fraction of sp³-hybridized carbons (Fsp3) is 0.364. The van der Waals surface area contributed by atoms with Gasteiger partial charge in [-0.15, -0.1) is 0 Å². The highest BCUT2D eigenvalue weighted by Gasteiger charge is 2.32. The second-order valence-electron chi connectivity index (χ2n) is 6.57. The van der Waals surface area contributed by atoms with Gasteiger partial charge in [0.05, 0.1) is 25.0 Å². The molecular formula is C22H27FN4OS. The van der Waals surface area contributed by atoms with Crippen molar-refractivity contribution >= 4 is 33.5 Å². The van der Waals surface area contributed by atoms with Crippen LogP contribution in [0, 0.1) is 12.7 Å². The number of methoxy groups -OCH3 is 1. The summed E-state index contributed by atoms with van der Waals surface area (Å²) in [4.78, 5) is 11.2. The van der Waals surface area contributed by atoms with Crippen LogP contribution in [0.25, 0.3) is 10.9 Å². The molecule has 0 aliphatic carbocycles. The number of hydrogen-bond acceptors (Lipinski definition) is 4. The van der Waals surface area contributed by atoms with E-state index in [1.165, 1.54) is 6.07 Å². The highest BCUT2D eigenvalue weighted by molar-refractivity contribution is 8.13. The summed E-state index contributed by atoms with van der Waals surface area (Å²) in [6, 6.07) is 11.1. The van der Waals surface area contributed by atoms with Gasteiger partial charge in [-0.1, -0.05) is 25.6 Å². The van der Waals surface area contributed by atoms with Gasteiger partial charge in [0, 0.05) is 35.8 Å². The van der Waals surface area contributed by atoms with Crippen molar-refractivity contribution in [1.82, 2.24) is 14.5 Å². The molecule has 29 heavy (non-hydrogen) atoms. The maximum absolute atomic E-state index is 13.5. The first kappa shape index (κ1) is 21.2. The van der Waals surface area contributed by atoms with Gasteiger partial charge in [-0.2, -0.15) is 0 Å². The van der Waals surface area contributed by atoms with Crippen molar-refractivity contribution in [3.63, 3.8) is 0 Å². The fourth-order valence-electron chi connectivity index (χ4n) is 3.52. The molecular weight excluding hydrogens is 387 g/mol. The Balaban J connectivity index is 0.00000117. The number of benzene rings is 1. The summed E-state index contributed by atoms with van der Waals surface area (Å²) in [6.45, 7) is 7.84. The molecule has 0 saturated carbocycles. The number of fused-ring (bicyclic) bond motifs is 1. The summed E-state index contributed by atoms with van der Waals surface area (Å²) >= 11 is 1.63. The predicted octanol–water partition coefficient (Wildman–Crippen LogP) is 5.43. The Kier molecular flexibility index (Phi) is 6.79. The molecule has 154 valence electrons. The molecule has 7 heteroatoms. The SMILES string of the molecule is CC.COc1ccc(N=C(SC)N2CC(n3c(C)cc4cc(F)ccc43)C2)cn1. The molecule has 0 spiro atoms. The molecule has 1 aromatic carbocycles. The van der Waals surface area contributed by atoms with Crippen molar-refractivity contribution < 1.29 is 9.13 Å². The fourth-order valence-corrected chi connectivity index (χ4v) is 4.12. The van der Waals surface area contributed by atoms with Crippen molar-refractivity contribution in [3.05, 3.63) is 54.1 Å². The number of hydrogen-bond donors (Lipinski definition) is 0. The molecule has 0 radical (unpaired) electrons. The molecule has 3 heterocycles. The molecule has 2 aromatic heterocycles. The van der Waals surface area contributed by atoms with Crippen molar-refractivity contribution in [2.24, 2.45) is 4.99 Å². The molecule has 0 bridgehead atoms. The normalized spacial score (nSPS) is 14.4. The van der Waals surface area contributed by atoms with Crippen molar-refractivity contribution in [3.8, 4) is 5.88 Å². The number of ether oxygens (including phenoxy) is 1. The standard InChI is InChI=1S/C20H21FN4OS.C2H6/c1-13-8-14-9-15(21)4-6-18(14)25(13)17-11-24(12-17)20(27-3)23-16-5-7-19(26-2)22-10-16;1-2/h4-10,17H,11-12H2,1-3H3;1-2H3. The van der Waals surface area contributed by atoms with E-state index in [2.05, 4.69) is 21.4 Å². The summed E-state index contributed by atoms with van der Waals surface area (Å²) in [5, 5.41) is 1.92. The van der Waals surface area contributed by atoms with E-state index in [0.717, 1.165) is 40.5 Å². The number of aliphatic imine (C=N–C) groups is 1. The number of halogens is 1. The van der Waals surface area contributed by atoms with Crippen LogP contribution in [0.3, 0.4) is 0 Å².